The molecule has 1 heterocycles. The number of aromatic nitrogens is 2. The lowest BCUT2D eigenvalue weighted by molar-refractivity contribution is -0.138. The molecule has 1 amide bonds. The summed E-state index contributed by atoms with van der Waals surface area (Å²) < 4.78 is 1.63. The van der Waals surface area contributed by atoms with Crippen LogP contribution in [0.1, 0.15) is 24.7 Å². The number of aryl methyl sites for hydroxylation is 2. The second-order valence-corrected chi connectivity index (χ2v) is 4.59. The molecular formula is C12H19N3O3. The van der Waals surface area contributed by atoms with Gasteiger partial charge in [-0.1, -0.05) is 6.92 Å². The van der Waals surface area contributed by atoms with Gasteiger partial charge < -0.3 is 10.4 Å². The molecule has 1 rings (SSSR count). The quantitative estimate of drug-likeness (QED) is 0.782. The maximum atomic E-state index is 11.6. The fourth-order valence-electron chi connectivity index (χ4n) is 1.69. The van der Waals surface area contributed by atoms with Crippen molar-refractivity contribution < 1.29 is 14.7 Å². The van der Waals surface area contributed by atoms with Gasteiger partial charge in [-0.3, -0.25) is 14.3 Å². The van der Waals surface area contributed by atoms with Gasteiger partial charge in [-0.25, -0.2) is 0 Å². The largest absolute Gasteiger partial charge is 0.481 e. The molecule has 6 nitrogen and oxygen atoms in total. The summed E-state index contributed by atoms with van der Waals surface area (Å²) in [6, 6.07) is 1.90. The molecule has 0 spiro atoms. The third kappa shape index (κ3) is 4.57. The molecule has 18 heavy (non-hydrogen) atoms. The Morgan fingerprint density at radius 3 is 2.67 bits per heavy atom. The normalized spacial score (nSPS) is 12.2. The molecule has 1 aromatic heterocycles. The molecule has 0 saturated heterocycles. The standard InChI is InChI=1S/C12H19N3O3/c1-8(4-12(17)18)6-13-11(16)7-15-10(3)5-9(2)14-15/h5,8H,4,6-7H2,1-3H3,(H,13,16)(H,17,18). The molecule has 0 bridgehead atoms. The van der Waals surface area contributed by atoms with Crippen LogP contribution < -0.4 is 5.32 Å². The highest BCUT2D eigenvalue weighted by Gasteiger charge is 2.10. The Labute approximate surface area is 106 Å². The number of carbonyl (C=O) groups excluding carboxylic acids is 1. The molecule has 0 radical (unpaired) electrons. The molecule has 6 heteroatoms. The van der Waals surface area contributed by atoms with E-state index in [1.165, 1.54) is 0 Å². The van der Waals surface area contributed by atoms with Gasteiger partial charge in [0, 0.05) is 18.7 Å². The Balaban J connectivity index is 2.38. The first kappa shape index (κ1) is 14.2. The summed E-state index contributed by atoms with van der Waals surface area (Å²) in [4.78, 5) is 22.1. The number of rotatable bonds is 6. The minimum Gasteiger partial charge on any atom is -0.481 e. The summed E-state index contributed by atoms with van der Waals surface area (Å²) in [6.45, 7) is 6.08. The van der Waals surface area contributed by atoms with Crippen molar-refractivity contribution in [2.24, 2.45) is 5.92 Å². The Kier molecular flexibility index (Phi) is 4.88. The van der Waals surface area contributed by atoms with E-state index in [0.717, 1.165) is 11.4 Å². The molecule has 0 fully saturated rings. The van der Waals surface area contributed by atoms with Crippen molar-refractivity contribution >= 4 is 11.9 Å². The van der Waals surface area contributed by atoms with Gasteiger partial charge >= 0.3 is 5.97 Å². The van der Waals surface area contributed by atoms with Crippen LogP contribution >= 0.6 is 0 Å². The number of hydrogen-bond donors (Lipinski definition) is 2. The summed E-state index contributed by atoms with van der Waals surface area (Å²) in [5, 5.41) is 15.5. The highest BCUT2D eigenvalue weighted by atomic mass is 16.4. The van der Waals surface area contributed by atoms with E-state index in [-0.39, 0.29) is 24.8 Å². The third-order valence-corrected chi connectivity index (χ3v) is 2.57. The van der Waals surface area contributed by atoms with Gasteiger partial charge in [0.2, 0.25) is 5.91 Å². The zero-order valence-corrected chi connectivity index (χ0v) is 10.9. The topological polar surface area (TPSA) is 84.2 Å². The second-order valence-electron chi connectivity index (χ2n) is 4.59. The molecule has 1 unspecified atom stereocenters. The maximum absolute atomic E-state index is 11.6. The Bertz CT molecular complexity index is 440. The Morgan fingerprint density at radius 1 is 1.50 bits per heavy atom. The number of amides is 1. The summed E-state index contributed by atoms with van der Waals surface area (Å²) in [5.74, 6) is -1.08. The molecular weight excluding hydrogens is 234 g/mol. The van der Waals surface area contributed by atoms with Crippen molar-refractivity contribution in [1.29, 1.82) is 0 Å². The van der Waals surface area contributed by atoms with E-state index in [4.69, 9.17) is 5.11 Å². The summed E-state index contributed by atoms with van der Waals surface area (Å²) in [7, 11) is 0. The van der Waals surface area contributed by atoms with Crippen molar-refractivity contribution in [1.82, 2.24) is 15.1 Å². The van der Waals surface area contributed by atoms with E-state index in [2.05, 4.69) is 10.4 Å². The summed E-state index contributed by atoms with van der Waals surface area (Å²) in [6.07, 6.45) is 0.0557. The SMILES string of the molecule is Cc1cc(C)n(CC(=O)NCC(C)CC(=O)O)n1. The first-order valence-corrected chi connectivity index (χ1v) is 5.88. The van der Waals surface area contributed by atoms with E-state index in [9.17, 15) is 9.59 Å². The molecule has 0 aliphatic carbocycles. The van der Waals surface area contributed by atoms with E-state index in [1.54, 1.807) is 11.6 Å². The minimum atomic E-state index is -0.852. The number of carboxylic acids is 1. The summed E-state index contributed by atoms with van der Waals surface area (Å²) >= 11 is 0. The molecule has 0 aliphatic rings. The van der Waals surface area contributed by atoms with Gasteiger partial charge in [-0.15, -0.1) is 0 Å². The van der Waals surface area contributed by atoms with Gasteiger partial charge in [-0.05, 0) is 25.8 Å². The van der Waals surface area contributed by atoms with Crippen LogP contribution in [0.3, 0.4) is 0 Å². The predicted molar refractivity (Wildman–Crippen MR) is 66.1 cm³/mol. The highest BCUT2D eigenvalue weighted by Crippen LogP contribution is 2.02. The van der Waals surface area contributed by atoms with Crippen molar-refractivity contribution in [2.75, 3.05) is 6.54 Å². The smallest absolute Gasteiger partial charge is 0.303 e. The van der Waals surface area contributed by atoms with Crippen LogP contribution in [0.4, 0.5) is 0 Å². The fraction of sp³-hybridized carbons (Fsp3) is 0.583. The molecule has 0 aromatic carbocycles. The van der Waals surface area contributed by atoms with E-state index in [0.29, 0.717) is 6.54 Å². The third-order valence-electron chi connectivity index (χ3n) is 2.57. The number of nitrogens with one attached hydrogen (secondary N) is 1. The van der Waals surface area contributed by atoms with Crippen LogP contribution in [-0.2, 0) is 16.1 Å². The van der Waals surface area contributed by atoms with Gasteiger partial charge in [0.05, 0.1) is 5.69 Å². The average molecular weight is 253 g/mol. The van der Waals surface area contributed by atoms with Crippen LogP contribution in [-0.4, -0.2) is 33.3 Å². The molecule has 1 aromatic rings. The maximum Gasteiger partial charge on any atom is 0.303 e. The zero-order valence-electron chi connectivity index (χ0n) is 10.9. The van der Waals surface area contributed by atoms with Crippen LogP contribution in [0.25, 0.3) is 0 Å². The van der Waals surface area contributed by atoms with Crippen LogP contribution in [0.2, 0.25) is 0 Å². The van der Waals surface area contributed by atoms with Gasteiger partial charge in [0.25, 0.3) is 0 Å². The van der Waals surface area contributed by atoms with Crippen molar-refractivity contribution in [3.8, 4) is 0 Å². The molecule has 0 saturated carbocycles. The Hall–Kier alpha value is -1.85. The number of nitrogens with zero attached hydrogens (tertiary/aromatic N) is 2. The van der Waals surface area contributed by atoms with Gasteiger partial charge in [-0.2, -0.15) is 5.10 Å². The lowest BCUT2D eigenvalue weighted by Gasteiger charge is -2.10. The number of hydrogen-bond acceptors (Lipinski definition) is 3. The first-order valence-electron chi connectivity index (χ1n) is 5.88. The second kappa shape index (κ2) is 6.18. The van der Waals surface area contributed by atoms with Crippen molar-refractivity contribution in [2.45, 2.75) is 33.7 Å². The number of carboxylic acid groups (broad SMARTS) is 1. The fourth-order valence-corrected chi connectivity index (χ4v) is 1.69. The first-order chi connectivity index (χ1) is 8.38. The highest BCUT2D eigenvalue weighted by molar-refractivity contribution is 5.75. The minimum absolute atomic E-state index is 0.0557. The monoisotopic (exact) mass is 253 g/mol. The Morgan fingerprint density at radius 2 is 2.17 bits per heavy atom. The van der Waals surface area contributed by atoms with E-state index >= 15 is 0 Å². The number of aliphatic carboxylic acids is 1. The number of carbonyl (C=O) groups is 2. The molecule has 2 N–H and O–H groups in total. The van der Waals surface area contributed by atoms with E-state index < -0.39 is 5.97 Å². The summed E-state index contributed by atoms with van der Waals surface area (Å²) in [5.41, 5.74) is 1.81. The zero-order chi connectivity index (χ0) is 13.7. The molecule has 100 valence electrons. The van der Waals surface area contributed by atoms with Crippen LogP contribution in [0.15, 0.2) is 6.07 Å². The van der Waals surface area contributed by atoms with Crippen LogP contribution in [0.5, 0.6) is 0 Å². The van der Waals surface area contributed by atoms with Gasteiger partial charge in [0.1, 0.15) is 6.54 Å². The van der Waals surface area contributed by atoms with Crippen molar-refractivity contribution in [3.63, 3.8) is 0 Å². The molecule has 0 aliphatic heterocycles. The predicted octanol–water partition coefficient (Wildman–Crippen LogP) is 0.727. The van der Waals surface area contributed by atoms with Crippen molar-refractivity contribution in [3.05, 3.63) is 17.5 Å². The van der Waals surface area contributed by atoms with Gasteiger partial charge in [0.15, 0.2) is 0 Å². The van der Waals surface area contributed by atoms with E-state index in [1.807, 2.05) is 19.9 Å². The lowest BCUT2D eigenvalue weighted by atomic mass is 10.1. The van der Waals surface area contributed by atoms with Crippen LogP contribution in [0, 0.1) is 19.8 Å². The molecule has 1 atom stereocenters. The lowest BCUT2D eigenvalue weighted by Crippen LogP contribution is -2.32. The average Bonchev–Trinajstić information content (AvgIpc) is 2.53.